The van der Waals surface area contributed by atoms with Gasteiger partial charge in [0.1, 0.15) is 0 Å². The van der Waals surface area contributed by atoms with Gasteiger partial charge < -0.3 is 4.90 Å². The summed E-state index contributed by atoms with van der Waals surface area (Å²) in [7, 11) is 0. The lowest BCUT2D eigenvalue weighted by molar-refractivity contribution is 0.666. The molecule has 1 unspecified atom stereocenters. The third kappa shape index (κ3) is 2.18. The number of anilines is 1. The molecule has 78 valence electrons. The second-order valence-electron chi connectivity index (χ2n) is 3.75. The smallest absolute Gasteiger partial charge is 0.0849 e. The fourth-order valence-electron chi connectivity index (χ4n) is 2.03. The number of hydrogen-bond donors (Lipinski definition) is 0. The van der Waals surface area contributed by atoms with E-state index in [9.17, 15) is 0 Å². The minimum absolute atomic E-state index is 0.431. The van der Waals surface area contributed by atoms with Crippen LogP contribution in [0.15, 0.2) is 24.3 Å². The van der Waals surface area contributed by atoms with Crippen molar-refractivity contribution >= 4 is 21.6 Å². The van der Waals surface area contributed by atoms with E-state index in [1.165, 1.54) is 11.3 Å². The summed E-state index contributed by atoms with van der Waals surface area (Å²) in [6, 6.07) is 8.58. The van der Waals surface area contributed by atoms with Crippen LogP contribution < -0.4 is 4.90 Å². The molecule has 15 heavy (non-hydrogen) atoms. The summed E-state index contributed by atoms with van der Waals surface area (Å²) in [5.74, 6) is 2.70. The third-order valence-electron chi connectivity index (χ3n) is 2.79. The van der Waals surface area contributed by atoms with Crippen molar-refractivity contribution in [3.05, 3.63) is 29.8 Å². The van der Waals surface area contributed by atoms with Gasteiger partial charge in [-0.25, -0.2) is 0 Å². The molecule has 0 aromatic heterocycles. The monoisotopic (exact) mass is 263 g/mol. The average Bonchev–Trinajstić information content (AvgIpc) is 2.28. The Morgan fingerprint density at radius 3 is 3.07 bits per heavy atom. The molecule has 0 radical (unpaired) electrons. The molecule has 1 atom stereocenters. The van der Waals surface area contributed by atoms with Crippen LogP contribution >= 0.6 is 15.9 Å². The molecular weight excluding hydrogens is 250 g/mol. The number of hydrogen-bond acceptors (Lipinski definition) is 1. The zero-order valence-electron chi connectivity index (χ0n) is 8.62. The number of alkyl halides is 1. The average molecular weight is 264 g/mol. The van der Waals surface area contributed by atoms with Gasteiger partial charge in [-0.2, -0.15) is 0 Å². The van der Waals surface area contributed by atoms with Crippen LogP contribution in [0.5, 0.6) is 0 Å². The minimum Gasteiger partial charge on any atom is -0.358 e. The quantitative estimate of drug-likeness (QED) is 0.450. The van der Waals surface area contributed by atoms with Gasteiger partial charge in [-0.1, -0.05) is 34.1 Å². The highest BCUT2D eigenvalue weighted by molar-refractivity contribution is 9.09. The van der Waals surface area contributed by atoms with Crippen LogP contribution in [0.1, 0.15) is 18.4 Å². The van der Waals surface area contributed by atoms with E-state index in [2.05, 4.69) is 51.0 Å². The molecule has 1 aliphatic rings. The Labute approximate surface area is 99.6 Å². The van der Waals surface area contributed by atoms with Crippen LogP contribution in [-0.4, -0.2) is 11.5 Å². The van der Waals surface area contributed by atoms with E-state index < -0.39 is 0 Å². The summed E-state index contributed by atoms with van der Waals surface area (Å²) in [5.41, 5.74) is 2.77. The lowest BCUT2D eigenvalue weighted by Gasteiger charge is -2.35. The Kier molecular flexibility index (Phi) is 3.33. The molecule has 2 rings (SSSR count). The number of fused-ring (bicyclic) bond motifs is 1. The van der Waals surface area contributed by atoms with Gasteiger partial charge in [-0.15, -0.1) is 12.3 Å². The number of nitrogens with zero attached hydrogens (tertiary/aromatic N) is 1. The number of para-hydroxylation sites is 1. The van der Waals surface area contributed by atoms with Crippen LogP contribution in [0.4, 0.5) is 5.69 Å². The summed E-state index contributed by atoms with van der Waals surface area (Å²) in [6.45, 7) is 0.934. The lowest BCUT2D eigenvalue weighted by Crippen LogP contribution is -2.35. The first-order chi connectivity index (χ1) is 7.33. The van der Waals surface area contributed by atoms with Crippen molar-refractivity contribution in [3.8, 4) is 12.3 Å². The molecular formula is C13H14BrN. The van der Waals surface area contributed by atoms with Crippen LogP contribution in [0, 0.1) is 12.3 Å². The van der Waals surface area contributed by atoms with E-state index in [1.807, 2.05) is 0 Å². The Morgan fingerprint density at radius 2 is 2.27 bits per heavy atom. The number of halogens is 1. The highest BCUT2D eigenvalue weighted by Crippen LogP contribution is 2.32. The molecule has 0 N–H and O–H groups in total. The summed E-state index contributed by atoms with van der Waals surface area (Å²) in [5, 5.41) is 0. The molecule has 0 bridgehead atoms. The second-order valence-corrected chi connectivity index (χ2v) is 4.81. The van der Waals surface area contributed by atoms with Crippen LogP contribution in [0.25, 0.3) is 0 Å². The zero-order chi connectivity index (χ0) is 10.7. The highest BCUT2D eigenvalue weighted by atomic mass is 79.9. The van der Waals surface area contributed by atoms with Gasteiger partial charge >= 0.3 is 0 Å². The van der Waals surface area contributed by atoms with Crippen molar-refractivity contribution in [3.63, 3.8) is 0 Å². The number of aryl methyl sites for hydroxylation is 1. The first kappa shape index (κ1) is 10.6. The Bertz CT molecular complexity index is 380. The Hall–Kier alpha value is -0.940. The molecule has 0 amide bonds. The van der Waals surface area contributed by atoms with Gasteiger partial charge in [0.05, 0.1) is 4.95 Å². The van der Waals surface area contributed by atoms with Gasteiger partial charge in [0.25, 0.3) is 0 Å². The van der Waals surface area contributed by atoms with E-state index >= 15 is 0 Å². The van der Waals surface area contributed by atoms with Crippen molar-refractivity contribution in [1.29, 1.82) is 0 Å². The number of rotatable bonds is 2. The maximum Gasteiger partial charge on any atom is 0.0849 e. The van der Waals surface area contributed by atoms with Gasteiger partial charge in [-0.05, 0) is 24.5 Å². The largest absolute Gasteiger partial charge is 0.358 e. The molecule has 1 aromatic rings. The molecule has 1 aliphatic heterocycles. The summed E-state index contributed by atoms with van der Waals surface area (Å²) in [6.07, 6.45) is 8.43. The maximum atomic E-state index is 5.32. The topological polar surface area (TPSA) is 3.24 Å². The normalized spacial score (nSPS) is 19.5. The standard InChI is InChI=1S/C13H14BrN/c1-2-3-10-15-12-7-5-4-6-11(12)8-9-13(15)14/h1,4-7,13H,3,8-10H2. The van der Waals surface area contributed by atoms with E-state index in [-0.39, 0.29) is 0 Å². The molecule has 0 saturated heterocycles. The SMILES string of the molecule is C#CCCN1c2ccccc2CCC1Br. The molecule has 0 spiro atoms. The van der Waals surface area contributed by atoms with Crippen LogP contribution in [0.2, 0.25) is 0 Å². The maximum absolute atomic E-state index is 5.32. The predicted molar refractivity (Wildman–Crippen MR) is 68.3 cm³/mol. The third-order valence-corrected chi connectivity index (χ3v) is 3.74. The number of benzene rings is 1. The van der Waals surface area contributed by atoms with E-state index in [0.29, 0.717) is 4.95 Å². The number of terminal acetylenes is 1. The molecule has 1 nitrogen and oxygen atoms in total. The second kappa shape index (κ2) is 4.72. The van der Waals surface area contributed by atoms with Crippen molar-refractivity contribution in [2.24, 2.45) is 0 Å². The lowest BCUT2D eigenvalue weighted by atomic mass is 10.0. The fourth-order valence-corrected chi connectivity index (χ4v) is 2.68. The Morgan fingerprint density at radius 1 is 1.47 bits per heavy atom. The van der Waals surface area contributed by atoms with Crippen LogP contribution in [0.3, 0.4) is 0 Å². The van der Waals surface area contributed by atoms with Crippen molar-refractivity contribution in [1.82, 2.24) is 0 Å². The first-order valence-corrected chi connectivity index (χ1v) is 6.16. The minimum atomic E-state index is 0.431. The zero-order valence-corrected chi connectivity index (χ0v) is 10.2. The summed E-state index contributed by atoms with van der Waals surface area (Å²) in [4.78, 5) is 2.79. The fraction of sp³-hybridized carbons (Fsp3) is 0.385. The van der Waals surface area contributed by atoms with Crippen LogP contribution in [-0.2, 0) is 6.42 Å². The van der Waals surface area contributed by atoms with Crippen molar-refractivity contribution in [2.75, 3.05) is 11.4 Å². The molecule has 2 heteroatoms. The molecule has 1 heterocycles. The highest BCUT2D eigenvalue weighted by Gasteiger charge is 2.22. The molecule has 0 saturated carbocycles. The van der Waals surface area contributed by atoms with Gasteiger partial charge in [0.15, 0.2) is 0 Å². The van der Waals surface area contributed by atoms with Gasteiger partial charge in [0, 0.05) is 18.7 Å². The van der Waals surface area contributed by atoms with Gasteiger partial charge in [-0.3, -0.25) is 0 Å². The van der Waals surface area contributed by atoms with E-state index in [1.54, 1.807) is 0 Å². The van der Waals surface area contributed by atoms with E-state index in [0.717, 1.165) is 25.8 Å². The molecule has 0 aliphatic carbocycles. The first-order valence-electron chi connectivity index (χ1n) is 5.25. The summed E-state index contributed by atoms with van der Waals surface area (Å²) >= 11 is 3.71. The predicted octanol–water partition coefficient (Wildman–Crippen LogP) is 3.18. The molecule has 0 fully saturated rings. The van der Waals surface area contributed by atoms with E-state index in [4.69, 9.17) is 6.42 Å². The molecule has 1 aromatic carbocycles. The Balaban J connectivity index is 2.25. The van der Waals surface area contributed by atoms with Gasteiger partial charge in [0.2, 0.25) is 0 Å². The van der Waals surface area contributed by atoms with Crippen molar-refractivity contribution < 1.29 is 0 Å². The van der Waals surface area contributed by atoms with Crippen molar-refractivity contribution in [2.45, 2.75) is 24.2 Å². The summed E-state index contributed by atoms with van der Waals surface area (Å²) < 4.78 is 0.